The third-order valence-electron chi connectivity index (χ3n) is 3.03. The Balaban J connectivity index is 2.00. The molecule has 2 rings (SSSR count). The van der Waals surface area contributed by atoms with Crippen LogP contribution >= 0.6 is 11.3 Å². The van der Waals surface area contributed by atoms with Crippen molar-refractivity contribution in [2.75, 3.05) is 32.6 Å². The van der Waals surface area contributed by atoms with Gasteiger partial charge in [-0.1, -0.05) is 0 Å². The minimum Gasteiger partial charge on any atom is -0.476 e. The smallest absolute Gasteiger partial charge is 0.257 e. The van der Waals surface area contributed by atoms with Crippen LogP contribution in [-0.4, -0.2) is 48.0 Å². The minimum absolute atomic E-state index is 0.214. The third-order valence-corrected chi connectivity index (χ3v) is 4.02. The normalized spacial score (nSPS) is 10.8. The van der Waals surface area contributed by atoms with Crippen LogP contribution in [0.3, 0.4) is 0 Å². The zero-order valence-corrected chi connectivity index (χ0v) is 14.0. The van der Waals surface area contributed by atoms with E-state index in [-0.39, 0.29) is 5.91 Å². The number of nitrogens with one attached hydrogen (secondary N) is 1. The molecule has 0 atom stereocenters. The number of anilines is 1. The van der Waals surface area contributed by atoms with Gasteiger partial charge < -0.3 is 9.64 Å². The first-order valence-corrected chi connectivity index (χ1v) is 7.76. The number of nitrogens with zero attached hydrogens (tertiary/aromatic N) is 3. The van der Waals surface area contributed by atoms with E-state index >= 15 is 0 Å². The number of amides is 1. The molecular weight excluding hydrogens is 300 g/mol. The van der Waals surface area contributed by atoms with Crippen LogP contribution in [0.5, 0.6) is 5.88 Å². The van der Waals surface area contributed by atoms with E-state index in [0.29, 0.717) is 23.2 Å². The largest absolute Gasteiger partial charge is 0.476 e. The van der Waals surface area contributed by atoms with Gasteiger partial charge in [-0.3, -0.25) is 10.1 Å². The molecule has 0 aliphatic carbocycles. The summed E-state index contributed by atoms with van der Waals surface area (Å²) < 4.78 is 5.54. The summed E-state index contributed by atoms with van der Waals surface area (Å²) in [4.78, 5) is 23.8. The Hall–Kier alpha value is -1.99. The molecular formula is C15H20N4O2S. The molecule has 1 amide bonds. The van der Waals surface area contributed by atoms with E-state index in [1.807, 2.05) is 32.8 Å². The van der Waals surface area contributed by atoms with Crippen LogP contribution in [0, 0.1) is 13.8 Å². The average molecular weight is 320 g/mol. The van der Waals surface area contributed by atoms with Crippen molar-refractivity contribution in [3.8, 4) is 5.88 Å². The van der Waals surface area contributed by atoms with E-state index in [0.717, 1.165) is 17.1 Å². The molecule has 1 N–H and O–H groups in total. The van der Waals surface area contributed by atoms with Gasteiger partial charge in [-0.2, -0.15) is 0 Å². The predicted molar refractivity (Wildman–Crippen MR) is 87.8 cm³/mol. The summed E-state index contributed by atoms with van der Waals surface area (Å²) >= 11 is 1.46. The number of pyridine rings is 1. The number of rotatable bonds is 6. The van der Waals surface area contributed by atoms with Crippen LogP contribution in [0.25, 0.3) is 0 Å². The van der Waals surface area contributed by atoms with Crippen molar-refractivity contribution in [3.63, 3.8) is 0 Å². The molecule has 22 heavy (non-hydrogen) atoms. The standard InChI is InChI=1S/C15H20N4O2S/c1-10-11(2)22-15(17-10)18-14(20)12-5-6-16-13(9-12)21-8-7-19(3)4/h5-6,9H,7-8H2,1-4H3,(H,17,18,20). The number of carbonyl (C=O) groups is 1. The molecule has 2 aromatic heterocycles. The number of hydrogen-bond donors (Lipinski definition) is 1. The predicted octanol–water partition coefficient (Wildman–Crippen LogP) is 2.35. The highest BCUT2D eigenvalue weighted by Gasteiger charge is 2.11. The van der Waals surface area contributed by atoms with Crippen LogP contribution in [0.15, 0.2) is 18.3 Å². The van der Waals surface area contributed by atoms with Crippen LogP contribution in [0.2, 0.25) is 0 Å². The molecule has 118 valence electrons. The van der Waals surface area contributed by atoms with Gasteiger partial charge in [0.05, 0.1) is 5.69 Å². The second kappa shape index (κ2) is 7.33. The number of aromatic nitrogens is 2. The van der Waals surface area contributed by atoms with E-state index in [1.165, 1.54) is 11.3 Å². The van der Waals surface area contributed by atoms with E-state index < -0.39 is 0 Å². The molecule has 7 heteroatoms. The highest BCUT2D eigenvalue weighted by atomic mass is 32.1. The van der Waals surface area contributed by atoms with Crippen molar-refractivity contribution in [2.24, 2.45) is 0 Å². The van der Waals surface area contributed by atoms with Gasteiger partial charge in [0, 0.05) is 29.2 Å². The van der Waals surface area contributed by atoms with E-state index in [2.05, 4.69) is 15.3 Å². The molecule has 0 aliphatic rings. The third kappa shape index (κ3) is 4.51. The first-order chi connectivity index (χ1) is 10.5. The molecule has 0 saturated carbocycles. The molecule has 0 saturated heterocycles. The molecule has 0 radical (unpaired) electrons. The molecule has 0 fully saturated rings. The van der Waals surface area contributed by atoms with Crippen LogP contribution in [0.1, 0.15) is 20.9 Å². The lowest BCUT2D eigenvalue weighted by Crippen LogP contribution is -2.20. The minimum atomic E-state index is -0.214. The molecule has 0 unspecified atom stereocenters. The van der Waals surface area contributed by atoms with Crippen molar-refractivity contribution in [1.29, 1.82) is 0 Å². The zero-order valence-electron chi connectivity index (χ0n) is 13.2. The topological polar surface area (TPSA) is 67.3 Å². The van der Waals surface area contributed by atoms with E-state index in [4.69, 9.17) is 4.74 Å². The number of likely N-dealkylation sites (N-methyl/N-ethyl adjacent to an activating group) is 1. The monoisotopic (exact) mass is 320 g/mol. The maximum Gasteiger partial charge on any atom is 0.257 e. The van der Waals surface area contributed by atoms with Gasteiger partial charge in [0.15, 0.2) is 5.13 Å². The van der Waals surface area contributed by atoms with Crippen LogP contribution < -0.4 is 10.1 Å². The first-order valence-electron chi connectivity index (χ1n) is 6.94. The number of aryl methyl sites for hydroxylation is 2. The Kier molecular flexibility index (Phi) is 5.46. The summed E-state index contributed by atoms with van der Waals surface area (Å²) in [5.74, 6) is 0.231. The van der Waals surface area contributed by atoms with Crippen molar-refractivity contribution < 1.29 is 9.53 Å². The summed E-state index contributed by atoms with van der Waals surface area (Å²) in [5, 5.41) is 3.40. The van der Waals surface area contributed by atoms with E-state index in [1.54, 1.807) is 18.3 Å². The summed E-state index contributed by atoms with van der Waals surface area (Å²) in [5.41, 5.74) is 1.43. The van der Waals surface area contributed by atoms with E-state index in [9.17, 15) is 4.79 Å². The Morgan fingerprint density at radius 1 is 1.41 bits per heavy atom. The summed E-state index contributed by atoms with van der Waals surface area (Å²) in [6.45, 7) is 5.21. The average Bonchev–Trinajstić information content (AvgIpc) is 2.77. The van der Waals surface area contributed by atoms with Gasteiger partial charge in [0.1, 0.15) is 6.61 Å². The SMILES string of the molecule is Cc1nc(NC(=O)c2ccnc(OCCN(C)C)c2)sc1C. The molecule has 0 aliphatic heterocycles. The number of thiazole rings is 1. The second-order valence-electron chi connectivity index (χ2n) is 5.15. The lowest BCUT2D eigenvalue weighted by Gasteiger charge is -2.10. The van der Waals surface area contributed by atoms with Gasteiger partial charge in [-0.15, -0.1) is 11.3 Å². The highest BCUT2D eigenvalue weighted by Crippen LogP contribution is 2.22. The zero-order chi connectivity index (χ0) is 16.1. The van der Waals surface area contributed by atoms with Gasteiger partial charge in [-0.25, -0.2) is 9.97 Å². The first kappa shape index (κ1) is 16.4. The molecule has 0 spiro atoms. The summed E-state index contributed by atoms with van der Waals surface area (Å²) in [7, 11) is 3.94. The second-order valence-corrected chi connectivity index (χ2v) is 6.35. The number of hydrogen-bond acceptors (Lipinski definition) is 6. The van der Waals surface area contributed by atoms with Gasteiger partial charge in [0.25, 0.3) is 5.91 Å². The summed E-state index contributed by atoms with van der Waals surface area (Å²) in [6, 6.07) is 3.29. The Morgan fingerprint density at radius 3 is 2.82 bits per heavy atom. The number of ether oxygens (including phenoxy) is 1. The van der Waals surface area contributed by atoms with Crippen LogP contribution in [-0.2, 0) is 0 Å². The fraction of sp³-hybridized carbons (Fsp3) is 0.400. The quantitative estimate of drug-likeness (QED) is 0.885. The molecule has 6 nitrogen and oxygen atoms in total. The Bertz CT molecular complexity index is 635. The highest BCUT2D eigenvalue weighted by molar-refractivity contribution is 7.15. The van der Waals surface area contributed by atoms with Crippen molar-refractivity contribution in [2.45, 2.75) is 13.8 Å². The lowest BCUT2D eigenvalue weighted by molar-refractivity contribution is 0.102. The molecule has 0 aromatic carbocycles. The van der Waals surface area contributed by atoms with Crippen LogP contribution in [0.4, 0.5) is 5.13 Å². The maximum atomic E-state index is 12.2. The van der Waals surface area contributed by atoms with Crippen molar-refractivity contribution in [3.05, 3.63) is 34.5 Å². The lowest BCUT2D eigenvalue weighted by atomic mass is 10.2. The van der Waals surface area contributed by atoms with Gasteiger partial charge in [0.2, 0.25) is 5.88 Å². The van der Waals surface area contributed by atoms with Gasteiger partial charge >= 0.3 is 0 Å². The Morgan fingerprint density at radius 2 is 2.18 bits per heavy atom. The van der Waals surface area contributed by atoms with Gasteiger partial charge in [-0.05, 0) is 34.0 Å². The molecule has 2 aromatic rings. The maximum absolute atomic E-state index is 12.2. The fourth-order valence-corrected chi connectivity index (χ4v) is 2.47. The molecule has 0 bridgehead atoms. The fourth-order valence-electron chi connectivity index (χ4n) is 1.66. The summed E-state index contributed by atoms with van der Waals surface area (Å²) in [6.07, 6.45) is 1.57. The number of carbonyl (C=O) groups excluding carboxylic acids is 1. The van der Waals surface area contributed by atoms with Crippen molar-refractivity contribution in [1.82, 2.24) is 14.9 Å². The van der Waals surface area contributed by atoms with Crippen molar-refractivity contribution >= 4 is 22.4 Å². The Labute approximate surface area is 134 Å². The molecule has 2 heterocycles.